The Morgan fingerprint density at radius 1 is 1.60 bits per heavy atom. The monoisotopic (exact) mass is 224 g/mol. The Morgan fingerprint density at radius 3 is 2.80 bits per heavy atom. The molecule has 0 bridgehead atoms. The third kappa shape index (κ3) is 3.29. The second-order valence-electron chi connectivity index (χ2n) is 3.27. The summed E-state index contributed by atoms with van der Waals surface area (Å²) in [5.74, 6) is -0.172. The van der Waals surface area contributed by atoms with Crippen molar-refractivity contribution in [3.63, 3.8) is 0 Å². The van der Waals surface area contributed by atoms with Gasteiger partial charge in [-0.15, -0.1) is 0 Å². The van der Waals surface area contributed by atoms with Crippen LogP contribution in [0.25, 0.3) is 0 Å². The van der Waals surface area contributed by atoms with Gasteiger partial charge >= 0.3 is 0 Å². The number of nitrogen functional groups attached to an aromatic ring is 1. The van der Waals surface area contributed by atoms with E-state index in [4.69, 9.17) is 17.3 Å². The summed E-state index contributed by atoms with van der Waals surface area (Å²) in [5.41, 5.74) is 7.67. The summed E-state index contributed by atoms with van der Waals surface area (Å²) >= 11 is 5.55. The summed E-state index contributed by atoms with van der Waals surface area (Å²) in [4.78, 5) is 11.6. The van der Waals surface area contributed by atoms with Crippen molar-refractivity contribution in [3.8, 4) is 0 Å². The number of nitrogens with one attached hydrogen (secondary N) is 1. The molecule has 0 fully saturated rings. The van der Waals surface area contributed by atoms with E-state index >= 15 is 0 Å². The number of carbonyl (C=O) groups excluding carboxylic acids is 1. The Kier molecular flexibility index (Phi) is 3.74. The molecule has 3 nitrogen and oxygen atoms in total. The third-order valence-electron chi connectivity index (χ3n) is 1.94. The summed E-state index contributed by atoms with van der Waals surface area (Å²) in [6.45, 7) is 5.59. The minimum Gasteiger partial charge on any atom is -0.399 e. The molecule has 1 aromatic rings. The molecule has 0 unspecified atom stereocenters. The van der Waals surface area contributed by atoms with Gasteiger partial charge in [0.1, 0.15) is 0 Å². The van der Waals surface area contributed by atoms with Gasteiger partial charge in [0.2, 0.25) is 0 Å². The van der Waals surface area contributed by atoms with Crippen molar-refractivity contribution >= 4 is 23.2 Å². The average molecular weight is 225 g/mol. The van der Waals surface area contributed by atoms with Gasteiger partial charge in [-0.3, -0.25) is 4.79 Å². The lowest BCUT2D eigenvalue weighted by Crippen LogP contribution is -2.25. The molecule has 0 saturated heterocycles. The van der Waals surface area contributed by atoms with E-state index in [0.29, 0.717) is 16.3 Å². The SMILES string of the molecule is C=C(Cl)CNC(=O)c1ccc(N)cc1C. The number of hydrogen-bond donors (Lipinski definition) is 2. The molecule has 0 radical (unpaired) electrons. The van der Waals surface area contributed by atoms with Crippen molar-refractivity contribution in [2.24, 2.45) is 0 Å². The van der Waals surface area contributed by atoms with Gasteiger partial charge in [-0.25, -0.2) is 0 Å². The van der Waals surface area contributed by atoms with Crippen LogP contribution in [-0.2, 0) is 0 Å². The van der Waals surface area contributed by atoms with Gasteiger partial charge in [0.05, 0.1) is 6.54 Å². The van der Waals surface area contributed by atoms with E-state index in [1.165, 1.54) is 0 Å². The molecule has 1 aromatic carbocycles. The zero-order valence-electron chi connectivity index (χ0n) is 8.51. The fraction of sp³-hybridized carbons (Fsp3) is 0.182. The Bertz CT molecular complexity index is 402. The van der Waals surface area contributed by atoms with Crippen molar-refractivity contribution in [2.75, 3.05) is 12.3 Å². The van der Waals surface area contributed by atoms with E-state index in [2.05, 4.69) is 11.9 Å². The predicted octanol–water partition coefficient (Wildman–Crippen LogP) is 2.06. The number of nitrogens with two attached hydrogens (primary N) is 1. The molecule has 1 rings (SSSR count). The highest BCUT2D eigenvalue weighted by molar-refractivity contribution is 6.29. The Morgan fingerprint density at radius 2 is 2.27 bits per heavy atom. The Balaban J connectivity index is 2.78. The molecule has 4 heteroatoms. The van der Waals surface area contributed by atoms with Crippen LogP contribution < -0.4 is 11.1 Å². The molecule has 0 aliphatic carbocycles. The van der Waals surface area contributed by atoms with E-state index in [9.17, 15) is 4.79 Å². The van der Waals surface area contributed by atoms with Crippen molar-refractivity contribution in [1.29, 1.82) is 0 Å². The molecule has 1 amide bonds. The lowest BCUT2D eigenvalue weighted by Gasteiger charge is -2.07. The lowest BCUT2D eigenvalue weighted by atomic mass is 10.1. The number of rotatable bonds is 3. The van der Waals surface area contributed by atoms with Gasteiger partial charge in [0.15, 0.2) is 0 Å². The van der Waals surface area contributed by atoms with Crippen LogP contribution >= 0.6 is 11.6 Å². The van der Waals surface area contributed by atoms with Crippen LogP contribution in [0, 0.1) is 6.92 Å². The highest BCUT2D eigenvalue weighted by Crippen LogP contribution is 2.12. The fourth-order valence-electron chi connectivity index (χ4n) is 1.21. The molecular formula is C11H13ClN2O. The maximum absolute atomic E-state index is 11.6. The molecule has 0 atom stereocenters. The van der Waals surface area contributed by atoms with Gasteiger partial charge < -0.3 is 11.1 Å². The molecule has 0 heterocycles. The summed E-state index contributed by atoms with van der Waals surface area (Å²) in [5, 5.41) is 3.05. The van der Waals surface area contributed by atoms with E-state index in [1.54, 1.807) is 18.2 Å². The minimum atomic E-state index is -0.172. The number of benzene rings is 1. The third-order valence-corrected chi connectivity index (χ3v) is 2.07. The van der Waals surface area contributed by atoms with Crippen LogP contribution in [0.5, 0.6) is 0 Å². The molecule has 15 heavy (non-hydrogen) atoms. The molecule has 0 saturated carbocycles. The standard InChI is InChI=1S/C11H13ClN2O/c1-7-5-9(13)3-4-10(7)11(15)14-6-8(2)12/h3-5H,2,6,13H2,1H3,(H,14,15). The smallest absolute Gasteiger partial charge is 0.251 e. The maximum atomic E-state index is 11.6. The molecule has 0 aromatic heterocycles. The van der Waals surface area contributed by atoms with Crippen LogP contribution in [0.2, 0.25) is 0 Å². The van der Waals surface area contributed by atoms with Crippen molar-refractivity contribution in [1.82, 2.24) is 5.32 Å². The Hall–Kier alpha value is -1.48. The number of anilines is 1. The van der Waals surface area contributed by atoms with Crippen LogP contribution in [0.1, 0.15) is 15.9 Å². The normalized spacial score (nSPS) is 9.73. The van der Waals surface area contributed by atoms with Crippen LogP contribution in [0.3, 0.4) is 0 Å². The molecule has 80 valence electrons. The second-order valence-corrected chi connectivity index (χ2v) is 3.81. The summed E-state index contributed by atoms with van der Waals surface area (Å²) < 4.78 is 0. The zero-order valence-corrected chi connectivity index (χ0v) is 9.27. The second kappa shape index (κ2) is 4.84. The van der Waals surface area contributed by atoms with Gasteiger partial charge in [-0.1, -0.05) is 18.2 Å². The number of hydrogen-bond acceptors (Lipinski definition) is 2. The first-order chi connectivity index (χ1) is 7.00. The topological polar surface area (TPSA) is 55.1 Å². The van der Waals surface area contributed by atoms with E-state index in [-0.39, 0.29) is 12.5 Å². The van der Waals surface area contributed by atoms with Crippen LogP contribution in [0.4, 0.5) is 5.69 Å². The zero-order chi connectivity index (χ0) is 11.4. The molecule has 0 aliphatic rings. The lowest BCUT2D eigenvalue weighted by molar-refractivity contribution is 0.0957. The predicted molar refractivity (Wildman–Crippen MR) is 62.9 cm³/mol. The number of carbonyl (C=O) groups is 1. The highest BCUT2D eigenvalue weighted by atomic mass is 35.5. The summed E-state index contributed by atoms with van der Waals surface area (Å²) in [6, 6.07) is 5.14. The molecule has 3 N–H and O–H groups in total. The van der Waals surface area contributed by atoms with E-state index in [0.717, 1.165) is 5.56 Å². The van der Waals surface area contributed by atoms with E-state index in [1.807, 2.05) is 6.92 Å². The quantitative estimate of drug-likeness (QED) is 0.773. The highest BCUT2D eigenvalue weighted by Gasteiger charge is 2.08. The largest absolute Gasteiger partial charge is 0.399 e. The summed E-state index contributed by atoms with van der Waals surface area (Å²) in [7, 11) is 0. The van der Waals surface area contributed by atoms with Gasteiger partial charge in [-0.2, -0.15) is 0 Å². The Labute approximate surface area is 93.9 Å². The van der Waals surface area contributed by atoms with Gasteiger partial charge in [-0.05, 0) is 30.7 Å². The molecule has 0 aliphatic heterocycles. The molecule has 0 spiro atoms. The van der Waals surface area contributed by atoms with Crippen molar-refractivity contribution < 1.29 is 4.79 Å². The van der Waals surface area contributed by atoms with E-state index < -0.39 is 0 Å². The first kappa shape index (κ1) is 11.6. The first-order valence-corrected chi connectivity index (χ1v) is 4.86. The average Bonchev–Trinajstić information content (AvgIpc) is 2.14. The molecular weight excluding hydrogens is 212 g/mol. The number of halogens is 1. The maximum Gasteiger partial charge on any atom is 0.251 e. The first-order valence-electron chi connectivity index (χ1n) is 4.48. The van der Waals surface area contributed by atoms with Crippen LogP contribution in [-0.4, -0.2) is 12.5 Å². The number of aryl methyl sites for hydroxylation is 1. The minimum absolute atomic E-state index is 0.172. The van der Waals surface area contributed by atoms with Crippen molar-refractivity contribution in [2.45, 2.75) is 6.92 Å². The van der Waals surface area contributed by atoms with Gasteiger partial charge in [0.25, 0.3) is 5.91 Å². The number of amides is 1. The fourth-order valence-corrected chi connectivity index (χ4v) is 1.28. The van der Waals surface area contributed by atoms with Crippen LogP contribution in [0.15, 0.2) is 29.8 Å². The summed E-state index contributed by atoms with van der Waals surface area (Å²) in [6.07, 6.45) is 0. The van der Waals surface area contributed by atoms with Gasteiger partial charge in [0, 0.05) is 16.3 Å². The van der Waals surface area contributed by atoms with Crippen molar-refractivity contribution in [3.05, 3.63) is 40.9 Å².